The highest BCUT2D eigenvalue weighted by Crippen LogP contribution is 2.16. The van der Waals surface area contributed by atoms with Crippen LogP contribution in [0.25, 0.3) is 0 Å². The molecule has 0 spiro atoms. The number of nitrogens with zero attached hydrogens (tertiary/aromatic N) is 2. The van der Waals surface area contributed by atoms with Crippen LogP contribution in [0, 0.1) is 6.92 Å². The van der Waals surface area contributed by atoms with Gasteiger partial charge in [-0.2, -0.15) is 5.10 Å². The maximum Gasteiger partial charge on any atom is 0.147 e. The Balaban J connectivity index is 2.79. The molecule has 0 amide bonds. The Hall–Kier alpha value is -0.920. The SMILES string of the molecule is Cc1cc(C(CCS(C)(=O)=O)NN)n(C)n1. The Morgan fingerprint density at radius 3 is 2.62 bits per heavy atom. The van der Waals surface area contributed by atoms with Gasteiger partial charge in [-0.3, -0.25) is 16.0 Å². The van der Waals surface area contributed by atoms with E-state index in [0.29, 0.717) is 6.42 Å². The molecule has 1 heterocycles. The summed E-state index contributed by atoms with van der Waals surface area (Å²) in [5.41, 5.74) is 4.40. The number of rotatable bonds is 5. The van der Waals surface area contributed by atoms with E-state index in [9.17, 15) is 8.42 Å². The second-order valence-corrected chi connectivity index (χ2v) is 6.23. The largest absolute Gasteiger partial charge is 0.271 e. The van der Waals surface area contributed by atoms with E-state index in [1.807, 2.05) is 20.0 Å². The lowest BCUT2D eigenvalue weighted by atomic mass is 10.1. The molecular formula is C9H18N4O2S. The summed E-state index contributed by atoms with van der Waals surface area (Å²) in [5, 5.41) is 4.20. The number of nitrogens with one attached hydrogen (secondary N) is 1. The minimum absolute atomic E-state index is 0.103. The van der Waals surface area contributed by atoms with E-state index in [2.05, 4.69) is 10.5 Å². The van der Waals surface area contributed by atoms with Gasteiger partial charge in [-0.05, 0) is 19.4 Å². The zero-order valence-corrected chi connectivity index (χ0v) is 10.6. The van der Waals surface area contributed by atoms with E-state index in [0.717, 1.165) is 11.4 Å². The molecule has 1 aromatic rings. The number of nitrogens with two attached hydrogens (primary N) is 1. The molecule has 16 heavy (non-hydrogen) atoms. The van der Waals surface area contributed by atoms with E-state index in [1.165, 1.54) is 6.26 Å². The van der Waals surface area contributed by atoms with Gasteiger partial charge in [0.05, 0.1) is 23.2 Å². The Morgan fingerprint density at radius 1 is 1.62 bits per heavy atom. The molecular weight excluding hydrogens is 228 g/mol. The van der Waals surface area contributed by atoms with Gasteiger partial charge in [-0.25, -0.2) is 8.42 Å². The van der Waals surface area contributed by atoms with Crippen LogP contribution in [0.2, 0.25) is 0 Å². The second-order valence-electron chi connectivity index (χ2n) is 3.97. The summed E-state index contributed by atoms with van der Waals surface area (Å²) in [5.74, 6) is 5.53. The number of hydrogen-bond donors (Lipinski definition) is 2. The van der Waals surface area contributed by atoms with Gasteiger partial charge < -0.3 is 0 Å². The van der Waals surface area contributed by atoms with Crippen molar-refractivity contribution in [1.29, 1.82) is 0 Å². The maximum atomic E-state index is 11.1. The molecule has 0 aliphatic heterocycles. The van der Waals surface area contributed by atoms with Gasteiger partial charge in [-0.15, -0.1) is 0 Å². The number of hydrogen-bond acceptors (Lipinski definition) is 5. The quantitative estimate of drug-likeness (QED) is 0.548. The van der Waals surface area contributed by atoms with Crippen molar-refractivity contribution in [2.24, 2.45) is 12.9 Å². The predicted octanol–water partition coefficient (Wildman–Crippen LogP) is -0.332. The van der Waals surface area contributed by atoms with Crippen LogP contribution in [0.5, 0.6) is 0 Å². The number of hydrazine groups is 1. The molecule has 92 valence electrons. The summed E-state index contributed by atoms with van der Waals surface area (Å²) in [7, 11) is -1.16. The molecule has 0 saturated carbocycles. The smallest absolute Gasteiger partial charge is 0.147 e. The summed E-state index contributed by atoms with van der Waals surface area (Å²) in [6.07, 6.45) is 1.66. The third-order valence-corrected chi connectivity index (χ3v) is 3.35. The molecule has 3 N–H and O–H groups in total. The minimum Gasteiger partial charge on any atom is -0.271 e. The molecule has 0 bridgehead atoms. The topological polar surface area (TPSA) is 90.0 Å². The molecule has 6 nitrogen and oxygen atoms in total. The summed E-state index contributed by atoms with van der Waals surface area (Å²) in [6.45, 7) is 1.88. The lowest BCUT2D eigenvalue weighted by molar-refractivity contribution is 0.495. The minimum atomic E-state index is -2.97. The van der Waals surface area contributed by atoms with Crippen LogP contribution in [-0.4, -0.2) is 30.2 Å². The molecule has 0 fully saturated rings. The first-order chi connectivity index (χ1) is 7.33. The predicted molar refractivity (Wildman–Crippen MR) is 62.3 cm³/mol. The standard InChI is InChI=1S/C9H18N4O2S/c1-7-6-9(13(2)12-7)8(11-10)4-5-16(3,14)15/h6,8,11H,4-5,10H2,1-3H3. The van der Waals surface area contributed by atoms with Crippen LogP contribution in [0.3, 0.4) is 0 Å². The van der Waals surface area contributed by atoms with Gasteiger partial charge in [-0.1, -0.05) is 0 Å². The van der Waals surface area contributed by atoms with Crippen molar-refractivity contribution < 1.29 is 8.42 Å². The maximum absolute atomic E-state index is 11.1. The molecule has 1 aromatic heterocycles. The van der Waals surface area contributed by atoms with Crippen LogP contribution in [0.4, 0.5) is 0 Å². The fraction of sp³-hybridized carbons (Fsp3) is 0.667. The van der Waals surface area contributed by atoms with Gasteiger partial charge in [0, 0.05) is 13.3 Å². The Bertz CT molecular complexity index is 452. The van der Waals surface area contributed by atoms with Crippen molar-refractivity contribution in [1.82, 2.24) is 15.2 Å². The normalized spacial score (nSPS) is 14.0. The Labute approximate surface area is 95.7 Å². The van der Waals surface area contributed by atoms with Gasteiger partial charge in [0.25, 0.3) is 0 Å². The fourth-order valence-corrected chi connectivity index (χ4v) is 2.27. The first-order valence-corrected chi connectivity index (χ1v) is 7.04. The van der Waals surface area contributed by atoms with E-state index >= 15 is 0 Å². The highest BCUT2D eigenvalue weighted by molar-refractivity contribution is 7.90. The van der Waals surface area contributed by atoms with Crippen LogP contribution in [0.15, 0.2) is 6.07 Å². The monoisotopic (exact) mass is 246 g/mol. The van der Waals surface area contributed by atoms with Crippen LogP contribution in [0.1, 0.15) is 23.9 Å². The molecule has 1 atom stereocenters. The fourth-order valence-electron chi connectivity index (χ4n) is 1.61. The Kier molecular flexibility index (Phi) is 4.06. The highest BCUT2D eigenvalue weighted by atomic mass is 32.2. The third-order valence-electron chi connectivity index (χ3n) is 2.37. The molecule has 0 aliphatic rings. The van der Waals surface area contributed by atoms with Crippen molar-refractivity contribution >= 4 is 9.84 Å². The summed E-state index contributed by atoms with van der Waals surface area (Å²) in [6, 6.07) is 1.70. The average molecular weight is 246 g/mol. The molecule has 1 rings (SSSR count). The zero-order chi connectivity index (χ0) is 12.3. The third kappa shape index (κ3) is 3.58. The summed E-state index contributed by atoms with van der Waals surface area (Å²) < 4.78 is 23.9. The van der Waals surface area contributed by atoms with E-state index in [1.54, 1.807) is 4.68 Å². The van der Waals surface area contributed by atoms with Crippen LogP contribution in [-0.2, 0) is 16.9 Å². The van der Waals surface area contributed by atoms with Crippen molar-refractivity contribution in [3.05, 3.63) is 17.5 Å². The first-order valence-electron chi connectivity index (χ1n) is 4.98. The highest BCUT2D eigenvalue weighted by Gasteiger charge is 2.16. The molecule has 0 radical (unpaired) electrons. The van der Waals surface area contributed by atoms with Crippen LogP contribution >= 0.6 is 0 Å². The number of aryl methyl sites for hydroxylation is 2. The zero-order valence-electron chi connectivity index (χ0n) is 9.77. The van der Waals surface area contributed by atoms with Crippen molar-refractivity contribution in [3.8, 4) is 0 Å². The average Bonchev–Trinajstić information content (AvgIpc) is 2.45. The second kappa shape index (κ2) is 4.94. The first kappa shape index (κ1) is 13.1. The van der Waals surface area contributed by atoms with Gasteiger partial charge >= 0.3 is 0 Å². The van der Waals surface area contributed by atoms with Crippen molar-refractivity contribution in [3.63, 3.8) is 0 Å². The summed E-state index contributed by atoms with van der Waals surface area (Å²) in [4.78, 5) is 0. The molecule has 7 heteroatoms. The van der Waals surface area contributed by atoms with Crippen molar-refractivity contribution in [2.45, 2.75) is 19.4 Å². The lowest BCUT2D eigenvalue weighted by Gasteiger charge is -2.15. The molecule has 0 aromatic carbocycles. The molecule has 0 saturated heterocycles. The Morgan fingerprint density at radius 2 is 2.25 bits per heavy atom. The van der Waals surface area contributed by atoms with E-state index < -0.39 is 9.84 Å². The van der Waals surface area contributed by atoms with Gasteiger partial charge in [0.15, 0.2) is 0 Å². The van der Waals surface area contributed by atoms with E-state index in [4.69, 9.17) is 5.84 Å². The van der Waals surface area contributed by atoms with Gasteiger partial charge in [0.2, 0.25) is 0 Å². The molecule has 0 aliphatic carbocycles. The summed E-state index contributed by atoms with van der Waals surface area (Å²) >= 11 is 0. The van der Waals surface area contributed by atoms with Crippen molar-refractivity contribution in [2.75, 3.05) is 12.0 Å². The van der Waals surface area contributed by atoms with Gasteiger partial charge in [0.1, 0.15) is 9.84 Å². The number of aromatic nitrogens is 2. The lowest BCUT2D eigenvalue weighted by Crippen LogP contribution is -2.31. The van der Waals surface area contributed by atoms with E-state index in [-0.39, 0.29) is 11.8 Å². The van der Waals surface area contributed by atoms with Crippen LogP contribution < -0.4 is 11.3 Å². The molecule has 1 unspecified atom stereocenters. The number of sulfone groups is 1.